The lowest BCUT2D eigenvalue weighted by Gasteiger charge is -2.19. The van der Waals surface area contributed by atoms with Gasteiger partial charge in [-0.15, -0.1) is 0 Å². The Labute approximate surface area is 97.2 Å². The molecule has 1 aromatic carbocycles. The second kappa shape index (κ2) is 4.31. The average Bonchev–Trinajstić information content (AvgIpc) is 2.39. The minimum atomic E-state index is -4.37. The van der Waals surface area contributed by atoms with Crippen molar-refractivity contribution in [2.45, 2.75) is 37.6 Å². The van der Waals surface area contributed by atoms with Crippen LogP contribution in [-0.4, -0.2) is 11.2 Å². The van der Waals surface area contributed by atoms with Gasteiger partial charge in [-0.2, -0.15) is 13.2 Å². The van der Waals surface area contributed by atoms with E-state index in [1.807, 2.05) is 0 Å². The van der Waals surface area contributed by atoms with Crippen molar-refractivity contribution >= 4 is 0 Å². The summed E-state index contributed by atoms with van der Waals surface area (Å²) < 4.78 is 37.7. The molecule has 94 valence electrons. The molecule has 0 bridgehead atoms. The van der Waals surface area contributed by atoms with Crippen LogP contribution in [0.2, 0.25) is 0 Å². The van der Waals surface area contributed by atoms with Crippen molar-refractivity contribution in [3.05, 3.63) is 34.9 Å². The molecule has 0 radical (unpaired) electrons. The van der Waals surface area contributed by atoms with Crippen molar-refractivity contribution in [3.8, 4) is 0 Å². The Morgan fingerprint density at radius 1 is 1.29 bits per heavy atom. The highest BCUT2D eigenvalue weighted by Gasteiger charge is 2.32. The zero-order valence-electron chi connectivity index (χ0n) is 9.17. The molecule has 1 aliphatic carbocycles. The zero-order chi connectivity index (χ0) is 12.6. The van der Waals surface area contributed by atoms with Crippen LogP contribution < -0.4 is 5.73 Å². The molecule has 1 aromatic rings. The molecule has 2 atom stereocenters. The van der Waals surface area contributed by atoms with Gasteiger partial charge in [0.25, 0.3) is 0 Å². The number of aryl methyl sites for hydroxylation is 1. The van der Waals surface area contributed by atoms with E-state index in [9.17, 15) is 18.3 Å². The monoisotopic (exact) mass is 245 g/mol. The highest BCUT2D eigenvalue weighted by molar-refractivity contribution is 5.37. The third kappa shape index (κ3) is 2.45. The van der Waals surface area contributed by atoms with Gasteiger partial charge < -0.3 is 10.8 Å². The largest absolute Gasteiger partial charge is 0.416 e. The molecule has 0 aromatic heterocycles. The minimum Gasteiger partial charge on any atom is -0.391 e. The Balaban J connectivity index is 2.46. The third-order valence-corrected chi connectivity index (χ3v) is 3.19. The number of hydrogen-bond donors (Lipinski definition) is 2. The van der Waals surface area contributed by atoms with Crippen LogP contribution in [0, 0.1) is 0 Å². The fraction of sp³-hybridized carbons (Fsp3) is 0.500. The van der Waals surface area contributed by atoms with Gasteiger partial charge in [0.1, 0.15) is 0 Å². The van der Waals surface area contributed by atoms with E-state index < -0.39 is 23.9 Å². The number of fused-ring (bicyclic) bond motifs is 1. The molecule has 0 heterocycles. The van der Waals surface area contributed by atoms with Gasteiger partial charge in [0, 0.05) is 0 Å². The predicted octanol–water partition coefficient (Wildman–Crippen LogP) is 2.40. The lowest BCUT2D eigenvalue weighted by molar-refractivity contribution is -0.137. The molecule has 0 spiro atoms. The highest BCUT2D eigenvalue weighted by atomic mass is 19.4. The summed E-state index contributed by atoms with van der Waals surface area (Å²) in [6.07, 6.45) is -3.20. The number of rotatable bonds is 0. The van der Waals surface area contributed by atoms with E-state index >= 15 is 0 Å². The van der Waals surface area contributed by atoms with Gasteiger partial charge in [0.15, 0.2) is 0 Å². The number of aliphatic hydroxyl groups is 1. The van der Waals surface area contributed by atoms with E-state index in [0.717, 1.165) is 24.1 Å². The predicted molar refractivity (Wildman–Crippen MR) is 57.3 cm³/mol. The molecule has 17 heavy (non-hydrogen) atoms. The van der Waals surface area contributed by atoms with Gasteiger partial charge >= 0.3 is 6.18 Å². The molecular formula is C12H14F3NO. The summed E-state index contributed by atoms with van der Waals surface area (Å²) >= 11 is 0. The highest BCUT2D eigenvalue weighted by Crippen LogP contribution is 2.34. The molecule has 0 saturated carbocycles. The second-order valence-corrected chi connectivity index (χ2v) is 4.40. The third-order valence-electron chi connectivity index (χ3n) is 3.19. The first-order valence-electron chi connectivity index (χ1n) is 5.53. The molecule has 2 nitrogen and oxygen atoms in total. The Kier molecular flexibility index (Phi) is 3.14. The van der Waals surface area contributed by atoms with Crippen LogP contribution in [0.4, 0.5) is 13.2 Å². The molecule has 0 saturated heterocycles. The van der Waals surface area contributed by atoms with Crippen molar-refractivity contribution in [2.24, 2.45) is 5.73 Å². The molecular weight excluding hydrogens is 231 g/mol. The van der Waals surface area contributed by atoms with Gasteiger partial charge in [-0.1, -0.05) is 6.07 Å². The fourth-order valence-electron chi connectivity index (χ4n) is 2.20. The molecule has 2 unspecified atom stereocenters. The Bertz CT molecular complexity index is 417. The van der Waals surface area contributed by atoms with E-state index in [0.29, 0.717) is 18.4 Å². The van der Waals surface area contributed by atoms with Crippen LogP contribution >= 0.6 is 0 Å². The maximum Gasteiger partial charge on any atom is 0.416 e. The van der Waals surface area contributed by atoms with Crippen LogP contribution in [0.1, 0.15) is 35.6 Å². The topological polar surface area (TPSA) is 46.2 Å². The Hall–Kier alpha value is -1.07. The van der Waals surface area contributed by atoms with Crippen LogP contribution in [-0.2, 0) is 12.6 Å². The van der Waals surface area contributed by atoms with E-state index in [1.165, 1.54) is 6.07 Å². The van der Waals surface area contributed by atoms with Crippen molar-refractivity contribution in [1.82, 2.24) is 0 Å². The number of halogens is 3. The van der Waals surface area contributed by atoms with E-state index in [1.54, 1.807) is 0 Å². The number of alkyl halides is 3. The fourth-order valence-corrected chi connectivity index (χ4v) is 2.20. The first kappa shape index (κ1) is 12.4. The molecule has 0 fully saturated rings. The summed E-state index contributed by atoms with van der Waals surface area (Å²) in [4.78, 5) is 0. The minimum absolute atomic E-state index is 0.421. The molecule has 2 rings (SSSR count). The van der Waals surface area contributed by atoms with Crippen LogP contribution in [0.15, 0.2) is 18.2 Å². The molecule has 3 N–H and O–H groups in total. The van der Waals surface area contributed by atoms with Crippen molar-refractivity contribution in [2.75, 3.05) is 0 Å². The van der Waals surface area contributed by atoms with E-state index in [2.05, 4.69) is 0 Å². The molecule has 5 heteroatoms. The lowest BCUT2D eigenvalue weighted by atomic mass is 9.96. The van der Waals surface area contributed by atoms with Crippen molar-refractivity contribution < 1.29 is 18.3 Å². The number of aliphatic hydroxyl groups excluding tert-OH is 1. The average molecular weight is 245 g/mol. The van der Waals surface area contributed by atoms with Gasteiger partial charge in [-0.05, 0) is 42.5 Å². The van der Waals surface area contributed by atoms with E-state index in [-0.39, 0.29) is 0 Å². The van der Waals surface area contributed by atoms with Crippen LogP contribution in [0.5, 0.6) is 0 Å². The van der Waals surface area contributed by atoms with Crippen LogP contribution in [0.25, 0.3) is 0 Å². The summed E-state index contributed by atoms with van der Waals surface area (Å²) in [5, 5.41) is 9.69. The second-order valence-electron chi connectivity index (χ2n) is 4.40. The maximum atomic E-state index is 12.6. The summed E-state index contributed by atoms with van der Waals surface area (Å²) in [6, 6.07) is 2.88. The quantitative estimate of drug-likeness (QED) is 0.689. The van der Waals surface area contributed by atoms with Crippen molar-refractivity contribution in [3.63, 3.8) is 0 Å². The molecule has 1 aliphatic rings. The van der Waals surface area contributed by atoms with Gasteiger partial charge in [-0.25, -0.2) is 0 Å². The van der Waals surface area contributed by atoms with Gasteiger partial charge in [0.2, 0.25) is 0 Å². The Morgan fingerprint density at radius 2 is 2.00 bits per heavy atom. The first-order valence-corrected chi connectivity index (χ1v) is 5.53. The molecule has 0 amide bonds. The summed E-state index contributed by atoms with van der Waals surface area (Å²) in [5.41, 5.74) is 6.31. The zero-order valence-corrected chi connectivity index (χ0v) is 9.17. The standard InChI is InChI=1S/C12H14F3NO/c13-12(14,15)8-5-4-7-2-1-3-10(17)11(16)9(7)6-8/h4-6,10-11,17H,1-3,16H2. The first-order chi connectivity index (χ1) is 7.89. The van der Waals surface area contributed by atoms with Gasteiger partial charge in [0.05, 0.1) is 17.7 Å². The number of benzene rings is 1. The summed E-state index contributed by atoms with van der Waals surface area (Å²) in [7, 11) is 0. The molecule has 0 aliphatic heterocycles. The van der Waals surface area contributed by atoms with Gasteiger partial charge in [-0.3, -0.25) is 0 Å². The summed E-state index contributed by atoms with van der Waals surface area (Å²) in [6.45, 7) is 0. The normalized spacial score (nSPS) is 25.2. The lowest BCUT2D eigenvalue weighted by Crippen LogP contribution is -2.25. The van der Waals surface area contributed by atoms with Crippen LogP contribution in [0.3, 0.4) is 0 Å². The maximum absolute atomic E-state index is 12.6. The Morgan fingerprint density at radius 3 is 2.65 bits per heavy atom. The SMILES string of the molecule is NC1c2cc(C(F)(F)F)ccc2CCCC1O. The van der Waals surface area contributed by atoms with E-state index in [4.69, 9.17) is 5.73 Å². The number of nitrogens with two attached hydrogens (primary N) is 1. The smallest absolute Gasteiger partial charge is 0.391 e. The number of hydrogen-bond acceptors (Lipinski definition) is 2. The summed E-state index contributed by atoms with van der Waals surface area (Å²) in [5.74, 6) is 0. The van der Waals surface area contributed by atoms with Crippen molar-refractivity contribution in [1.29, 1.82) is 0 Å².